The summed E-state index contributed by atoms with van der Waals surface area (Å²) in [5.74, 6) is 0.406. The van der Waals surface area contributed by atoms with Crippen molar-refractivity contribution in [2.24, 2.45) is 11.8 Å². The molecule has 47 heavy (non-hydrogen) atoms. The Morgan fingerprint density at radius 3 is 1.47 bits per heavy atom. The highest BCUT2D eigenvalue weighted by atomic mass is 32.2. The summed E-state index contributed by atoms with van der Waals surface area (Å²) in [6.07, 6.45) is 1.41. The molecular formula is C32H54N4O9S2. The molecule has 0 aliphatic carbocycles. The first-order valence-corrected chi connectivity index (χ1v) is 19.1. The number of aromatic nitrogens is 2. The SMILES string of the molecule is CC(C)(C)c1cc(NC(=O)C(C)(C)S(=O)(=O)CC2CCOCC2)no1.CC(C)CS(=O)(=O)C(C)(C)C(=O)Nc1cc(C(C)(C)C)on1. The van der Waals surface area contributed by atoms with Crippen LogP contribution in [0.1, 0.15) is 107 Å². The Morgan fingerprint density at radius 2 is 1.13 bits per heavy atom. The number of nitrogens with zero attached hydrogens (tertiary/aromatic N) is 2. The first-order chi connectivity index (χ1) is 21.2. The van der Waals surface area contributed by atoms with Gasteiger partial charge in [-0.25, -0.2) is 16.8 Å². The van der Waals surface area contributed by atoms with Crippen molar-refractivity contribution in [3.05, 3.63) is 23.7 Å². The van der Waals surface area contributed by atoms with Crippen LogP contribution < -0.4 is 10.6 Å². The second kappa shape index (κ2) is 14.8. The molecule has 1 aliphatic heterocycles. The summed E-state index contributed by atoms with van der Waals surface area (Å²) in [6, 6.07) is 3.24. The average molecular weight is 703 g/mol. The maximum atomic E-state index is 12.8. The third-order valence-electron chi connectivity index (χ3n) is 7.98. The quantitative estimate of drug-likeness (QED) is 0.327. The van der Waals surface area contributed by atoms with Crippen LogP contribution in [0.3, 0.4) is 0 Å². The monoisotopic (exact) mass is 702 g/mol. The number of nitrogens with one attached hydrogen (secondary N) is 2. The Morgan fingerprint density at radius 1 is 0.745 bits per heavy atom. The van der Waals surface area contributed by atoms with Gasteiger partial charge in [-0.15, -0.1) is 0 Å². The van der Waals surface area contributed by atoms with E-state index in [9.17, 15) is 26.4 Å². The maximum Gasteiger partial charge on any atom is 0.246 e. The Labute approximate surface area is 280 Å². The van der Waals surface area contributed by atoms with E-state index >= 15 is 0 Å². The molecule has 0 unspecified atom stereocenters. The minimum atomic E-state index is -3.63. The van der Waals surface area contributed by atoms with E-state index in [4.69, 9.17) is 13.8 Å². The first kappa shape index (κ1) is 40.4. The molecule has 1 fully saturated rings. The number of amides is 2. The predicted octanol–water partition coefficient (Wildman–Crippen LogP) is 5.29. The Balaban J connectivity index is 0.000000330. The first-order valence-electron chi connectivity index (χ1n) is 15.8. The van der Waals surface area contributed by atoms with Crippen LogP contribution in [0.2, 0.25) is 0 Å². The lowest BCUT2D eigenvalue weighted by Crippen LogP contribution is -2.47. The summed E-state index contributed by atoms with van der Waals surface area (Å²) in [5.41, 5.74) is -0.490. The van der Waals surface area contributed by atoms with Gasteiger partial charge in [0.15, 0.2) is 31.3 Å². The van der Waals surface area contributed by atoms with Crippen molar-refractivity contribution in [3.63, 3.8) is 0 Å². The van der Waals surface area contributed by atoms with Gasteiger partial charge in [-0.05, 0) is 52.4 Å². The van der Waals surface area contributed by atoms with Crippen molar-refractivity contribution in [1.29, 1.82) is 0 Å². The number of hydrogen-bond donors (Lipinski definition) is 2. The molecule has 2 amide bonds. The highest BCUT2D eigenvalue weighted by Gasteiger charge is 2.44. The van der Waals surface area contributed by atoms with Gasteiger partial charge in [-0.2, -0.15) is 0 Å². The summed E-state index contributed by atoms with van der Waals surface area (Å²) in [4.78, 5) is 24.9. The summed E-state index contributed by atoms with van der Waals surface area (Å²) in [5, 5.41) is 12.7. The number of sulfone groups is 2. The van der Waals surface area contributed by atoms with Gasteiger partial charge < -0.3 is 24.4 Å². The number of ether oxygens (including phenoxy) is 1. The Kier molecular flexibility index (Phi) is 12.7. The topological polar surface area (TPSA) is 188 Å². The lowest BCUT2D eigenvalue weighted by Gasteiger charge is -2.28. The van der Waals surface area contributed by atoms with E-state index in [-0.39, 0.29) is 45.8 Å². The van der Waals surface area contributed by atoms with Crippen molar-refractivity contribution >= 4 is 43.1 Å². The molecule has 268 valence electrons. The minimum absolute atomic E-state index is 0.0111. The van der Waals surface area contributed by atoms with Crippen LogP contribution in [0, 0.1) is 11.8 Å². The van der Waals surface area contributed by atoms with Gasteiger partial charge >= 0.3 is 0 Å². The van der Waals surface area contributed by atoms with Gasteiger partial charge in [0.1, 0.15) is 21.0 Å². The van der Waals surface area contributed by atoms with Crippen molar-refractivity contribution in [2.75, 3.05) is 35.4 Å². The summed E-state index contributed by atoms with van der Waals surface area (Å²) in [7, 11) is -7.20. The molecule has 3 rings (SSSR count). The molecule has 3 heterocycles. The largest absolute Gasteiger partial charge is 0.381 e. The highest BCUT2D eigenvalue weighted by Crippen LogP contribution is 2.29. The van der Waals surface area contributed by atoms with Gasteiger partial charge in [-0.3, -0.25) is 9.59 Å². The van der Waals surface area contributed by atoms with Crippen LogP contribution in [0.25, 0.3) is 0 Å². The fourth-order valence-electron chi connectivity index (χ4n) is 4.27. The van der Waals surface area contributed by atoms with Crippen LogP contribution in [0.4, 0.5) is 11.6 Å². The molecule has 1 saturated heterocycles. The van der Waals surface area contributed by atoms with Crippen LogP contribution >= 0.6 is 0 Å². The highest BCUT2D eigenvalue weighted by molar-refractivity contribution is 7.93. The van der Waals surface area contributed by atoms with E-state index in [1.807, 2.05) is 41.5 Å². The molecule has 0 spiro atoms. The molecule has 15 heteroatoms. The minimum Gasteiger partial charge on any atom is -0.381 e. The predicted molar refractivity (Wildman–Crippen MR) is 182 cm³/mol. The van der Waals surface area contributed by atoms with Crippen LogP contribution in [0.15, 0.2) is 21.2 Å². The normalized spacial score (nSPS) is 15.6. The van der Waals surface area contributed by atoms with Gasteiger partial charge in [-0.1, -0.05) is 65.7 Å². The molecule has 0 radical (unpaired) electrons. The Hall–Kier alpha value is -2.78. The second-order valence-electron chi connectivity index (χ2n) is 15.6. The van der Waals surface area contributed by atoms with E-state index < -0.39 is 41.0 Å². The van der Waals surface area contributed by atoms with Gasteiger partial charge in [0.25, 0.3) is 0 Å². The molecule has 1 aliphatic rings. The van der Waals surface area contributed by atoms with Crippen molar-refractivity contribution in [1.82, 2.24) is 10.3 Å². The summed E-state index contributed by atoms with van der Waals surface area (Å²) < 4.78 is 62.8. The van der Waals surface area contributed by atoms with Crippen molar-refractivity contribution in [3.8, 4) is 0 Å². The average Bonchev–Trinajstić information content (AvgIpc) is 3.58. The molecule has 2 aromatic heterocycles. The lowest BCUT2D eigenvalue weighted by molar-refractivity contribution is -0.118. The van der Waals surface area contributed by atoms with E-state index in [0.717, 1.165) is 0 Å². The number of carbonyl (C=O) groups is 2. The second-order valence-corrected chi connectivity index (χ2v) is 20.8. The molecule has 0 saturated carbocycles. The van der Waals surface area contributed by atoms with Crippen LogP contribution in [-0.2, 0) is 44.8 Å². The third-order valence-corrected chi connectivity index (χ3v) is 13.5. The van der Waals surface area contributed by atoms with E-state index in [2.05, 4.69) is 20.9 Å². The van der Waals surface area contributed by atoms with Gasteiger partial charge in [0.05, 0.1) is 11.5 Å². The van der Waals surface area contributed by atoms with E-state index in [1.54, 1.807) is 26.0 Å². The molecule has 13 nitrogen and oxygen atoms in total. The van der Waals surface area contributed by atoms with Crippen molar-refractivity contribution in [2.45, 2.75) is 116 Å². The van der Waals surface area contributed by atoms with Crippen LogP contribution in [-0.4, -0.2) is 73.2 Å². The zero-order valence-electron chi connectivity index (χ0n) is 29.9. The maximum absolute atomic E-state index is 12.8. The van der Waals surface area contributed by atoms with Crippen LogP contribution in [0.5, 0.6) is 0 Å². The number of rotatable bonds is 10. The fraction of sp³-hybridized carbons (Fsp3) is 0.750. The third kappa shape index (κ3) is 10.6. The lowest BCUT2D eigenvalue weighted by atomic mass is 9.93. The zero-order valence-corrected chi connectivity index (χ0v) is 31.6. The Bertz CT molecular complexity index is 1580. The number of carbonyl (C=O) groups excluding carboxylic acids is 2. The zero-order chi connectivity index (χ0) is 36.2. The van der Waals surface area contributed by atoms with E-state index in [1.165, 1.54) is 27.7 Å². The standard InChI is InChI=1S/C17H28N2O5S.C15H26N2O4S/c1-16(2,3)13-10-14(19-24-13)18-15(20)17(4,5)25(21,22)11-12-6-8-23-9-7-12;1-10(2)9-22(19,20)15(6,7)13(18)16-12-8-11(21-17-12)14(3,4)5/h10,12H,6-9,11H2,1-5H3,(H,18,19,20);8,10H,9H2,1-7H3,(H,16,17,18). The van der Waals surface area contributed by atoms with Gasteiger partial charge in [0.2, 0.25) is 11.8 Å². The molecular weight excluding hydrogens is 649 g/mol. The number of anilines is 2. The van der Waals surface area contributed by atoms with Crippen molar-refractivity contribution < 1.29 is 40.2 Å². The molecule has 0 atom stereocenters. The number of hydrogen-bond acceptors (Lipinski definition) is 11. The molecule has 0 aromatic carbocycles. The molecule has 0 bridgehead atoms. The van der Waals surface area contributed by atoms with E-state index in [0.29, 0.717) is 37.6 Å². The summed E-state index contributed by atoms with van der Waals surface area (Å²) in [6.45, 7) is 22.2. The van der Waals surface area contributed by atoms with Gasteiger partial charge in [0, 0.05) is 36.2 Å². The molecule has 2 aromatic rings. The fourth-order valence-corrected chi connectivity index (χ4v) is 7.60. The smallest absolute Gasteiger partial charge is 0.246 e. The molecule has 2 N–H and O–H groups in total. The summed E-state index contributed by atoms with van der Waals surface area (Å²) >= 11 is 0.